The first-order valence-corrected chi connectivity index (χ1v) is 5.07. The minimum atomic E-state index is -1.08. The molecule has 1 atom stereocenters. The zero-order chi connectivity index (χ0) is 11.9. The van der Waals surface area contributed by atoms with E-state index in [1.165, 1.54) is 13.8 Å². The molecule has 6 N–H and O–H groups in total. The van der Waals surface area contributed by atoms with Gasteiger partial charge in [-0.2, -0.15) is 0 Å². The summed E-state index contributed by atoms with van der Waals surface area (Å²) in [5, 5.41) is 16.6. The standard InChI is InChI=1S/C4H9NO2.C3H7NO2Se/c1-4(2,5)3(6)7;4-2(1-7)3(5)6/h5H2,1-2H3,(H,6,7);2,7H,1,4H2,(H,5,6). The molecule has 0 bridgehead atoms. The van der Waals surface area contributed by atoms with Crippen LogP contribution in [0.4, 0.5) is 0 Å². The molecule has 14 heavy (non-hydrogen) atoms. The minimum absolute atomic E-state index is 0.433. The van der Waals surface area contributed by atoms with Crippen molar-refractivity contribution < 1.29 is 19.8 Å². The molecule has 0 aromatic heterocycles. The number of carbonyl (C=O) groups is 2. The van der Waals surface area contributed by atoms with Crippen molar-refractivity contribution in [2.75, 3.05) is 0 Å². The number of nitrogens with two attached hydrogens (primary N) is 2. The molecule has 0 amide bonds. The van der Waals surface area contributed by atoms with Gasteiger partial charge in [-0.1, -0.05) is 0 Å². The Morgan fingerprint density at radius 3 is 1.71 bits per heavy atom. The van der Waals surface area contributed by atoms with Crippen molar-refractivity contribution in [3.8, 4) is 0 Å². The first kappa shape index (κ1) is 15.8. The van der Waals surface area contributed by atoms with Gasteiger partial charge in [0.15, 0.2) is 0 Å². The molecule has 84 valence electrons. The van der Waals surface area contributed by atoms with Crippen LogP contribution >= 0.6 is 0 Å². The van der Waals surface area contributed by atoms with E-state index >= 15 is 0 Å². The van der Waals surface area contributed by atoms with Crippen LogP contribution in [0.15, 0.2) is 0 Å². The quantitative estimate of drug-likeness (QED) is 0.464. The van der Waals surface area contributed by atoms with E-state index in [9.17, 15) is 9.59 Å². The van der Waals surface area contributed by atoms with Crippen molar-refractivity contribution >= 4 is 28.0 Å². The van der Waals surface area contributed by atoms with Crippen LogP contribution in [0.3, 0.4) is 0 Å². The van der Waals surface area contributed by atoms with E-state index in [4.69, 9.17) is 21.7 Å². The van der Waals surface area contributed by atoms with Crippen LogP contribution in [0.25, 0.3) is 0 Å². The molecule has 6 nitrogen and oxygen atoms in total. The Hall–Kier alpha value is -0.621. The monoisotopic (exact) mass is 272 g/mol. The molecular formula is C7H16N2O4Se. The molecule has 0 heterocycles. The fourth-order valence-corrected chi connectivity index (χ4v) is 0.406. The van der Waals surface area contributed by atoms with Crippen LogP contribution in [-0.2, 0) is 9.59 Å². The second kappa shape index (κ2) is 6.78. The van der Waals surface area contributed by atoms with Gasteiger partial charge in [0.05, 0.1) is 0 Å². The van der Waals surface area contributed by atoms with E-state index in [0.29, 0.717) is 5.32 Å². The van der Waals surface area contributed by atoms with Crippen molar-refractivity contribution in [1.82, 2.24) is 0 Å². The van der Waals surface area contributed by atoms with Gasteiger partial charge in [0.2, 0.25) is 0 Å². The third kappa shape index (κ3) is 9.47. The van der Waals surface area contributed by atoms with Gasteiger partial charge in [-0.25, -0.2) is 0 Å². The number of carboxylic acids is 2. The van der Waals surface area contributed by atoms with Crippen LogP contribution in [0, 0.1) is 0 Å². The van der Waals surface area contributed by atoms with Crippen LogP contribution in [0.1, 0.15) is 13.8 Å². The fourth-order valence-electron chi connectivity index (χ4n) is 0.0781. The number of aliphatic carboxylic acids is 2. The zero-order valence-corrected chi connectivity index (χ0v) is 9.97. The normalized spacial score (nSPS) is 12.4. The molecule has 0 radical (unpaired) electrons. The predicted octanol–water partition coefficient (Wildman–Crippen LogP) is -1.47. The van der Waals surface area contributed by atoms with Gasteiger partial charge in [0.1, 0.15) is 5.54 Å². The van der Waals surface area contributed by atoms with E-state index in [1.54, 1.807) is 0 Å². The van der Waals surface area contributed by atoms with Gasteiger partial charge in [-0.3, -0.25) is 4.79 Å². The molecule has 0 fully saturated rings. The van der Waals surface area contributed by atoms with Crippen molar-refractivity contribution in [1.29, 1.82) is 0 Å². The summed E-state index contributed by atoms with van der Waals surface area (Å²) < 4.78 is 0. The number of carboxylic acid groups (broad SMARTS) is 2. The molecule has 0 saturated heterocycles. The molecule has 1 unspecified atom stereocenters. The molecule has 0 aromatic rings. The zero-order valence-electron chi connectivity index (χ0n) is 8.10. The summed E-state index contributed by atoms with van der Waals surface area (Å²) in [5.41, 5.74) is 9.00. The summed E-state index contributed by atoms with van der Waals surface area (Å²) in [5.74, 6) is -1.92. The molecule has 0 aliphatic rings. The summed E-state index contributed by atoms with van der Waals surface area (Å²) in [6, 6.07) is -0.708. The Labute approximate surface area is 90.5 Å². The third-order valence-corrected chi connectivity index (χ3v) is 1.89. The van der Waals surface area contributed by atoms with Gasteiger partial charge in [-0.15, -0.1) is 0 Å². The number of hydrogen-bond acceptors (Lipinski definition) is 4. The SMILES string of the molecule is CC(C)(N)C(=O)O.NC(C[SeH])C(=O)O. The van der Waals surface area contributed by atoms with Crippen molar-refractivity contribution in [3.05, 3.63) is 0 Å². The summed E-state index contributed by atoms with van der Waals surface area (Å²) in [7, 11) is 0. The topological polar surface area (TPSA) is 127 Å². The number of hydrogen-bond donors (Lipinski definition) is 4. The Balaban J connectivity index is 0. The van der Waals surface area contributed by atoms with Crippen molar-refractivity contribution in [3.63, 3.8) is 0 Å². The van der Waals surface area contributed by atoms with E-state index in [1.807, 2.05) is 0 Å². The van der Waals surface area contributed by atoms with Crippen LogP contribution < -0.4 is 11.5 Å². The van der Waals surface area contributed by atoms with Gasteiger partial charge in [-0.05, 0) is 13.8 Å². The van der Waals surface area contributed by atoms with E-state index in [-0.39, 0.29) is 0 Å². The van der Waals surface area contributed by atoms with Crippen molar-refractivity contribution in [2.24, 2.45) is 11.5 Å². The molecular weight excluding hydrogens is 255 g/mol. The van der Waals surface area contributed by atoms with E-state index in [0.717, 1.165) is 0 Å². The van der Waals surface area contributed by atoms with Gasteiger partial charge in [0.25, 0.3) is 0 Å². The Morgan fingerprint density at radius 1 is 1.43 bits per heavy atom. The first-order chi connectivity index (χ1) is 6.12. The van der Waals surface area contributed by atoms with Gasteiger partial charge >= 0.3 is 54.9 Å². The first-order valence-electron chi connectivity index (χ1n) is 3.74. The molecule has 0 aliphatic heterocycles. The average molecular weight is 271 g/mol. The van der Waals surface area contributed by atoms with Crippen molar-refractivity contribution in [2.45, 2.75) is 30.7 Å². The molecule has 0 saturated carbocycles. The number of rotatable bonds is 3. The van der Waals surface area contributed by atoms with Crippen LogP contribution in [0.2, 0.25) is 5.32 Å². The fraction of sp³-hybridized carbons (Fsp3) is 0.714. The molecule has 0 aromatic carbocycles. The Bertz CT molecular complexity index is 202. The van der Waals surface area contributed by atoms with E-state index in [2.05, 4.69) is 16.0 Å². The molecule has 0 rings (SSSR count). The van der Waals surface area contributed by atoms with E-state index < -0.39 is 23.5 Å². The Kier molecular flexibility index (Phi) is 7.67. The Morgan fingerprint density at radius 2 is 1.71 bits per heavy atom. The molecule has 0 spiro atoms. The third-order valence-electron chi connectivity index (χ3n) is 1.07. The maximum atomic E-state index is 9.90. The summed E-state index contributed by atoms with van der Waals surface area (Å²) in [6.07, 6.45) is 0. The second-order valence-corrected chi connectivity index (χ2v) is 3.92. The van der Waals surface area contributed by atoms with Gasteiger partial charge < -0.3 is 10.8 Å². The molecule has 7 heteroatoms. The van der Waals surface area contributed by atoms with Crippen LogP contribution in [-0.4, -0.2) is 49.7 Å². The summed E-state index contributed by atoms with van der Waals surface area (Å²) >= 11 is 2.13. The average Bonchev–Trinajstić information content (AvgIpc) is 2.02. The van der Waals surface area contributed by atoms with Gasteiger partial charge in [0, 0.05) is 0 Å². The second-order valence-electron chi connectivity index (χ2n) is 3.15. The molecule has 0 aliphatic carbocycles. The maximum absolute atomic E-state index is 9.90. The van der Waals surface area contributed by atoms with Crippen LogP contribution in [0.5, 0.6) is 0 Å². The predicted molar refractivity (Wildman–Crippen MR) is 53.5 cm³/mol. The summed E-state index contributed by atoms with van der Waals surface area (Å²) in [6.45, 7) is 2.88. The summed E-state index contributed by atoms with van der Waals surface area (Å²) in [4.78, 5) is 19.7.